The van der Waals surface area contributed by atoms with E-state index in [0.717, 1.165) is 0 Å². The number of aromatic nitrogens is 2. The average molecular weight is 272 g/mol. The fourth-order valence-electron chi connectivity index (χ4n) is 1.57. The highest BCUT2D eigenvalue weighted by molar-refractivity contribution is 6.04. The third-order valence-electron chi connectivity index (χ3n) is 2.60. The molecule has 0 aromatic carbocycles. The molecule has 0 fully saturated rings. The fourth-order valence-corrected chi connectivity index (χ4v) is 1.57. The van der Waals surface area contributed by atoms with Crippen LogP contribution in [0.2, 0.25) is 0 Å². The number of carbonyl (C=O) groups excluding carboxylic acids is 1. The molecule has 0 saturated heterocycles. The largest absolute Gasteiger partial charge is 0.396 e. The maximum absolute atomic E-state index is 11.9. The van der Waals surface area contributed by atoms with Crippen LogP contribution in [0.3, 0.4) is 0 Å². The van der Waals surface area contributed by atoms with Gasteiger partial charge in [0, 0.05) is 31.1 Å². The minimum atomic E-state index is -0.199. The Morgan fingerprint density at radius 2 is 2.00 bits per heavy atom. The van der Waals surface area contributed by atoms with Gasteiger partial charge >= 0.3 is 0 Å². The second-order valence-electron chi connectivity index (χ2n) is 4.13. The monoisotopic (exact) mass is 272 g/mol. The first-order valence-electron chi connectivity index (χ1n) is 6.32. The summed E-state index contributed by atoms with van der Waals surface area (Å²) in [5.41, 5.74) is 1.17. The number of aliphatic hydroxyl groups is 1. The van der Waals surface area contributed by atoms with E-state index < -0.39 is 0 Å². The van der Waals surface area contributed by atoms with Crippen LogP contribution in [0.1, 0.15) is 16.8 Å². The molecular formula is C14H16N4O2. The third-order valence-corrected chi connectivity index (χ3v) is 2.60. The van der Waals surface area contributed by atoms with E-state index >= 15 is 0 Å². The molecule has 0 spiro atoms. The second kappa shape index (κ2) is 7.20. The highest BCUT2D eigenvalue weighted by atomic mass is 16.3. The summed E-state index contributed by atoms with van der Waals surface area (Å²) in [5.74, 6) is 0.510. The third kappa shape index (κ3) is 4.03. The number of hydrogen-bond donors (Lipinski definition) is 3. The molecular weight excluding hydrogens is 256 g/mol. The fraction of sp³-hybridized carbons (Fsp3) is 0.214. The predicted molar refractivity (Wildman–Crippen MR) is 76.6 cm³/mol. The van der Waals surface area contributed by atoms with Gasteiger partial charge in [0.2, 0.25) is 0 Å². The summed E-state index contributed by atoms with van der Waals surface area (Å²) in [7, 11) is 0. The van der Waals surface area contributed by atoms with Crippen LogP contribution in [0, 0.1) is 0 Å². The summed E-state index contributed by atoms with van der Waals surface area (Å²) in [4.78, 5) is 19.9. The summed E-state index contributed by atoms with van der Waals surface area (Å²) in [5, 5.41) is 14.5. The molecule has 0 aliphatic rings. The number of aliphatic hydroxyl groups excluding tert-OH is 1. The van der Waals surface area contributed by atoms with Crippen molar-refractivity contribution in [3.8, 4) is 0 Å². The molecule has 1 amide bonds. The van der Waals surface area contributed by atoms with E-state index in [2.05, 4.69) is 20.6 Å². The zero-order chi connectivity index (χ0) is 14.2. The number of anilines is 2. The Labute approximate surface area is 116 Å². The smallest absolute Gasteiger partial charge is 0.255 e. The number of pyridine rings is 2. The van der Waals surface area contributed by atoms with Gasteiger partial charge in [-0.2, -0.15) is 0 Å². The van der Waals surface area contributed by atoms with Gasteiger partial charge in [-0.15, -0.1) is 0 Å². The molecule has 2 aromatic rings. The summed E-state index contributed by atoms with van der Waals surface area (Å²) >= 11 is 0. The van der Waals surface area contributed by atoms with E-state index in [1.165, 1.54) is 0 Å². The molecule has 2 heterocycles. The maximum atomic E-state index is 11.9. The lowest BCUT2D eigenvalue weighted by Gasteiger charge is -2.07. The number of nitrogens with zero attached hydrogens (tertiary/aromatic N) is 2. The Hall–Kier alpha value is -2.47. The summed E-state index contributed by atoms with van der Waals surface area (Å²) in [6.07, 6.45) is 5.39. The number of hydrogen-bond acceptors (Lipinski definition) is 5. The van der Waals surface area contributed by atoms with E-state index in [0.29, 0.717) is 30.0 Å². The molecule has 104 valence electrons. The van der Waals surface area contributed by atoms with Crippen LogP contribution < -0.4 is 10.6 Å². The molecule has 0 unspecified atom stereocenters. The lowest BCUT2D eigenvalue weighted by Crippen LogP contribution is -2.12. The molecule has 0 saturated carbocycles. The topological polar surface area (TPSA) is 87.1 Å². The van der Waals surface area contributed by atoms with Crippen molar-refractivity contribution < 1.29 is 9.90 Å². The highest BCUT2D eigenvalue weighted by Gasteiger charge is 2.05. The first-order chi connectivity index (χ1) is 9.79. The van der Waals surface area contributed by atoms with Crippen molar-refractivity contribution in [2.24, 2.45) is 0 Å². The van der Waals surface area contributed by atoms with E-state index in [4.69, 9.17) is 5.11 Å². The van der Waals surface area contributed by atoms with Crippen molar-refractivity contribution >= 4 is 17.4 Å². The Bertz CT molecular complexity index is 543. The van der Waals surface area contributed by atoms with Gasteiger partial charge in [-0.1, -0.05) is 0 Å². The van der Waals surface area contributed by atoms with Crippen LogP contribution >= 0.6 is 0 Å². The first kappa shape index (κ1) is 14.0. The van der Waals surface area contributed by atoms with Gasteiger partial charge in [0.05, 0.1) is 11.9 Å². The summed E-state index contributed by atoms with van der Waals surface area (Å²) in [6, 6.07) is 6.84. The lowest BCUT2D eigenvalue weighted by molar-refractivity contribution is 0.102. The van der Waals surface area contributed by atoms with Gasteiger partial charge in [-0.3, -0.25) is 9.78 Å². The number of carbonyl (C=O) groups is 1. The maximum Gasteiger partial charge on any atom is 0.255 e. The molecule has 0 bridgehead atoms. The van der Waals surface area contributed by atoms with Crippen molar-refractivity contribution in [1.82, 2.24) is 9.97 Å². The molecule has 0 radical (unpaired) electrons. The molecule has 2 aromatic heterocycles. The van der Waals surface area contributed by atoms with Crippen LogP contribution in [0.15, 0.2) is 42.9 Å². The van der Waals surface area contributed by atoms with Crippen LogP contribution in [0.4, 0.5) is 11.5 Å². The van der Waals surface area contributed by atoms with Crippen LogP contribution in [0.5, 0.6) is 0 Å². The van der Waals surface area contributed by atoms with Crippen molar-refractivity contribution in [3.05, 3.63) is 48.4 Å². The summed E-state index contributed by atoms with van der Waals surface area (Å²) in [6.45, 7) is 0.805. The van der Waals surface area contributed by atoms with E-state index in [9.17, 15) is 4.79 Å². The highest BCUT2D eigenvalue weighted by Crippen LogP contribution is 2.11. The Morgan fingerprint density at radius 1 is 1.20 bits per heavy atom. The first-order valence-corrected chi connectivity index (χ1v) is 6.32. The minimum absolute atomic E-state index is 0.146. The number of rotatable bonds is 6. The quantitative estimate of drug-likeness (QED) is 0.694. The van der Waals surface area contributed by atoms with Gasteiger partial charge in [-0.25, -0.2) is 4.98 Å². The molecule has 0 atom stereocenters. The molecule has 3 N–H and O–H groups in total. The Morgan fingerprint density at radius 3 is 2.65 bits per heavy atom. The zero-order valence-corrected chi connectivity index (χ0v) is 10.9. The normalized spacial score (nSPS) is 10.1. The Kier molecular flexibility index (Phi) is 5.02. The SMILES string of the molecule is O=C(Nc1ccc(NCCCO)nc1)c1ccncc1. The van der Waals surface area contributed by atoms with Gasteiger partial charge in [0.1, 0.15) is 5.82 Å². The summed E-state index contributed by atoms with van der Waals surface area (Å²) < 4.78 is 0. The molecule has 20 heavy (non-hydrogen) atoms. The van der Waals surface area contributed by atoms with Crippen LogP contribution in [-0.2, 0) is 0 Å². The lowest BCUT2D eigenvalue weighted by atomic mass is 10.2. The van der Waals surface area contributed by atoms with E-state index in [-0.39, 0.29) is 12.5 Å². The van der Waals surface area contributed by atoms with E-state index in [1.54, 1.807) is 42.9 Å². The minimum Gasteiger partial charge on any atom is -0.396 e. The standard InChI is InChI=1S/C14H16N4O2/c19-9-1-6-16-13-3-2-12(10-17-13)18-14(20)11-4-7-15-8-5-11/h2-5,7-8,10,19H,1,6,9H2,(H,16,17)(H,18,20). The molecule has 6 nitrogen and oxygen atoms in total. The van der Waals surface area contributed by atoms with Gasteiger partial charge < -0.3 is 15.7 Å². The molecule has 0 aliphatic heterocycles. The van der Waals surface area contributed by atoms with Gasteiger partial charge in [-0.05, 0) is 30.7 Å². The predicted octanol–water partition coefficient (Wildman–Crippen LogP) is 1.52. The van der Waals surface area contributed by atoms with Crippen molar-refractivity contribution in [2.45, 2.75) is 6.42 Å². The van der Waals surface area contributed by atoms with Crippen molar-refractivity contribution in [1.29, 1.82) is 0 Å². The van der Waals surface area contributed by atoms with E-state index in [1.807, 2.05) is 0 Å². The molecule has 6 heteroatoms. The molecule has 2 rings (SSSR count). The van der Waals surface area contributed by atoms with Crippen LogP contribution in [-0.4, -0.2) is 34.1 Å². The average Bonchev–Trinajstić information content (AvgIpc) is 2.50. The zero-order valence-electron chi connectivity index (χ0n) is 10.9. The number of nitrogens with one attached hydrogen (secondary N) is 2. The number of amides is 1. The molecule has 0 aliphatic carbocycles. The second-order valence-corrected chi connectivity index (χ2v) is 4.13. The Balaban J connectivity index is 1.92. The van der Waals surface area contributed by atoms with Gasteiger partial charge in [0.15, 0.2) is 0 Å². The van der Waals surface area contributed by atoms with Crippen molar-refractivity contribution in [3.63, 3.8) is 0 Å². The van der Waals surface area contributed by atoms with Gasteiger partial charge in [0.25, 0.3) is 5.91 Å². The van der Waals surface area contributed by atoms with Crippen LogP contribution in [0.25, 0.3) is 0 Å². The van der Waals surface area contributed by atoms with Crippen molar-refractivity contribution in [2.75, 3.05) is 23.8 Å².